The number of methoxy groups -OCH3 is 2. The summed E-state index contributed by atoms with van der Waals surface area (Å²) < 4.78 is 15.8. The molecule has 1 heterocycles. The molecule has 1 N–H and O–H groups in total. The van der Waals surface area contributed by atoms with Gasteiger partial charge in [0.25, 0.3) is 0 Å². The summed E-state index contributed by atoms with van der Waals surface area (Å²) in [6.45, 7) is 0. The molecule has 0 unspecified atom stereocenters. The Morgan fingerprint density at radius 2 is 1.82 bits per heavy atom. The normalized spacial score (nSPS) is 10.5. The number of carbonyl (C=O) groups is 1. The van der Waals surface area contributed by atoms with Gasteiger partial charge in [0, 0.05) is 6.07 Å². The fourth-order valence-electron chi connectivity index (χ4n) is 2.19. The Balaban J connectivity index is 1.94. The predicted octanol–water partition coefficient (Wildman–Crippen LogP) is 2.80. The molecule has 6 nitrogen and oxygen atoms in total. The predicted molar refractivity (Wildman–Crippen MR) is 80.6 cm³/mol. The number of carbonyl (C=O) groups excluding carboxylic acids is 1. The molecule has 0 saturated carbocycles. The van der Waals surface area contributed by atoms with Gasteiger partial charge >= 0.3 is 5.97 Å². The van der Waals surface area contributed by atoms with Crippen LogP contribution >= 0.6 is 0 Å². The molecule has 1 aromatic heterocycles. The van der Waals surface area contributed by atoms with Crippen LogP contribution in [0.4, 0.5) is 0 Å². The Labute approximate surface area is 126 Å². The van der Waals surface area contributed by atoms with Gasteiger partial charge in [-0.2, -0.15) is 0 Å². The van der Waals surface area contributed by atoms with Gasteiger partial charge in [-0.05, 0) is 24.3 Å². The molecular formula is C16H14N2O4. The van der Waals surface area contributed by atoms with Crippen molar-refractivity contribution in [3.8, 4) is 17.2 Å². The van der Waals surface area contributed by atoms with Crippen LogP contribution in [0.2, 0.25) is 0 Å². The van der Waals surface area contributed by atoms with Crippen molar-refractivity contribution in [2.75, 3.05) is 14.2 Å². The topological polar surface area (TPSA) is 73.4 Å². The molecule has 0 fully saturated rings. The Hall–Kier alpha value is -3.02. The fraction of sp³-hybridized carbons (Fsp3) is 0.125. The van der Waals surface area contributed by atoms with Crippen LogP contribution in [0.15, 0.2) is 42.7 Å². The third-order valence-electron chi connectivity index (χ3n) is 3.23. The van der Waals surface area contributed by atoms with E-state index in [0.29, 0.717) is 17.2 Å². The maximum Gasteiger partial charge on any atom is 0.351 e. The number of hydrogen-bond acceptors (Lipinski definition) is 5. The van der Waals surface area contributed by atoms with Crippen LogP contribution in [0, 0.1) is 0 Å². The monoisotopic (exact) mass is 298 g/mol. The standard InChI is InChI=1S/C16H14N2O4/c1-20-13-4-3-5-14(21-2)15(13)16(19)22-10-6-7-11-12(8-10)18-9-17-11/h3-9H,1-2H3,(H,17,18). The van der Waals surface area contributed by atoms with E-state index in [2.05, 4.69) is 9.97 Å². The van der Waals surface area contributed by atoms with Crippen LogP contribution in [-0.4, -0.2) is 30.2 Å². The number of nitrogens with zero attached hydrogens (tertiary/aromatic N) is 1. The van der Waals surface area contributed by atoms with Crippen LogP contribution < -0.4 is 14.2 Å². The molecule has 0 aliphatic rings. The number of fused-ring (bicyclic) bond motifs is 1. The molecule has 0 aliphatic heterocycles. The van der Waals surface area contributed by atoms with Crippen LogP contribution in [0.1, 0.15) is 10.4 Å². The number of rotatable bonds is 4. The largest absolute Gasteiger partial charge is 0.496 e. The number of aromatic nitrogens is 2. The summed E-state index contributed by atoms with van der Waals surface area (Å²) in [5.41, 5.74) is 1.84. The minimum Gasteiger partial charge on any atom is -0.496 e. The van der Waals surface area contributed by atoms with Gasteiger partial charge in [-0.15, -0.1) is 0 Å². The first kappa shape index (κ1) is 13.9. The molecule has 22 heavy (non-hydrogen) atoms. The van der Waals surface area contributed by atoms with Crippen molar-refractivity contribution in [2.24, 2.45) is 0 Å². The Morgan fingerprint density at radius 1 is 1.09 bits per heavy atom. The molecule has 0 atom stereocenters. The van der Waals surface area contributed by atoms with E-state index in [1.165, 1.54) is 14.2 Å². The number of hydrogen-bond donors (Lipinski definition) is 1. The highest BCUT2D eigenvalue weighted by molar-refractivity contribution is 5.97. The number of esters is 1. The fourth-order valence-corrected chi connectivity index (χ4v) is 2.19. The molecule has 112 valence electrons. The molecule has 0 saturated heterocycles. The zero-order valence-corrected chi connectivity index (χ0v) is 12.1. The third kappa shape index (κ3) is 2.46. The minimum absolute atomic E-state index is 0.247. The quantitative estimate of drug-likeness (QED) is 0.592. The lowest BCUT2D eigenvalue weighted by Crippen LogP contribution is -2.11. The van der Waals surface area contributed by atoms with Gasteiger partial charge in [-0.25, -0.2) is 9.78 Å². The Bertz CT molecular complexity index is 804. The molecule has 6 heteroatoms. The van der Waals surface area contributed by atoms with Crippen molar-refractivity contribution >= 4 is 17.0 Å². The Kier molecular flexibility index (Phi) is 3.65. The van der Waals surface area contributed by atoms with Crippen molar-refractivity contribution in [1.29, 1.82) is 0 Å². The second-order valence-electron chi connectivity index (χ2n) is 4.51. The third-order valence-corrected chi connectivity index (χ3v) is 3.23. The summed E-state index contributed by atoms with van der Waals surface area (Å²) in [6.07, 6.45) is 1.58. The van der Waals surface area contributed by atoms with Crippen molar-refractivity contribution in [1.82, 2.24) is 9.97 Å². The van der Waals surface area contributed by atoms with Gasteiger partial charge in [-0.1, -0.05) is 6.07 Å². The van der Waals surface area contributed by atoms with E-state index in [0.717, 1.165) is 11.0 Å². The molecule has 3 rings (SSSR count). The maximum atomic E-state index is 12.4. The summed E-state index contributed by atoms with van der Waals surface area (Å²) in [4.78, 5) is 19.5. The zero-order chi connectivity index (χ0) is 15.5. The highest BCUT2D eigenvalue weighted by atomic mass is 16.5. The van der Waals surface area contributed by atoms with Crippen LogP contribution in [0.5, 0.6) is 17.2 Å². The van der Waals surface area contributed by atoms with Crippen molar-refractivity contribution in [2.45, 2.75) is 0 Å². The number of imidazole rings is 1. The first-order valence-corrected chi connectivity index (χ1v) is 6.59. The average molecular weight is 298 g/mol. The molecule has 0 radical (unpaired) electrons. The van der Waals surface area contributed by atoms with E-state index in [4.69, 9.17) is 14.2 Å². The molecule has 0 bridgehead atoms. The van der Waals surface area contributed by atoms with Gasteiger partial charge in [0.2, 0.25) is 0 Å². The SMILES string of the molecule is COc1cccc(OC)c1C(=O)Oc1ccc2nc[nH]c2c1. The van der Waals surface area contributed by atoms with Crippen LogP contribution in [-0.2, 0) is 0 Å². The van der Waals surface area contributed by atoms with E-state index in [1.54, 1.807) is 42.7 Å². The lowest BCUT2D eigenvalue weighted by Gasteiger charge is -2.12. The summed E-state index contributed by atoms with van der Waals surface area (Å²) in [6, 6.07) is 10.3. The summed E-state index contributed by atoms with van der Waals surface area (Å²) in [5.74, 6) is 0.654. The van der Waals surface area contributed by atoms with Gasteiger partial charge in [0.15, 0.2) is 0 Å². The number of H-pyrrole nitrogens is 1. The van der Waals surface area contributed by atoms with E-state index in [-0.39, 0.29) is 5.56 Å². The lowest BCUT2D eigenvalue weighted by molar-refractivity contribution is 0.0728. The molecule has 2 aromatic carbocycles. The van der Waals surface area contributed by atoms with Crippen molar-refractivity contribution in [3.63, 3.8) is 0 Å². The van der Waals surface area contributed by atoms with E-state index < -0.39 is 5.97 Å². The first-order chi connectivity index (χ1) is 10.7. The second kappa shape index (κ2) is 5.77. The van der Waals surface area contributed by atoms with Crippen LogP contribution in [0.3, 0.4) is 0 Å². The summed E-state index contributed by atoms with van der Waals surface area (Å²) in [7, 11) is 2.98. The number of aromatic amines is 1. The molecule has 3 aromatic rings. The van der Waals surface area contributed by atoms with Gasteiger partial charge in [-0.3, -0.25) is 0 Å². The molecule has 0 spiro atoms. The summed E-state index contributed by atoms with van der Waals surface area (Å²) in [5, 5.41) is 0. The highest BCUT2D eigenvalue weighted by Gasteiger charge is 2.20. The number of ether oxygens (including phenoxy) is 3. The van der Waals surface area contributed by atoms with Gasteiger partial charge < -0.3 is 19.2 Å². The Morgan fingerprint density at radius 3 is 2.50 bits per heavy atom. The van der Waals surface area contributed by atoms with Crippen molar-refractivity contribution < 1.29 is 19.0 Å². The number of benzene rings is 2. The van der Waals surface area contributed by atoms with Gasteiger partial charge in [0.1, 0.15) is 22.8 Å². The molecular weight excluding hydrogens is 284 g/mol. The molecule has 0 amide bonds. The zero-order valence-electron chi connectivity index (χ0n) is 12.1. The highest BCUT2D eigenvalue weighted by Crippen LogP contribution is 2.30. The summed E-state index contributed by atoms with van der Waals surface area (Å²) >= 11 is 0. The van der Waals surface area contributed by atoms with Gasteiger partial charge in [0.05, 0.1) is 31.6 Å². The van der Waals surface area contributed by atoms with E-state index in [9.17, 15) is 4.79 Å². The average Bonchev–Trinajstić information content (AvgIpc) is 3.01. The number of nitrogens with one attached hydrogen (secondary N) is 1. The molecule has 0 aliphatic carbocycles. The maximum absolute atomic E-state index is 12.4. The minimum atomic E-state index is -0.548. The first-order valence-electron chi connectivity index (χ1n) is 6.59. The lowest BCUT2D eigenvalue weighted by atomic mass is 10.1. The van der Waals surface area contributed by atoms with Crippen molar-refractivity contribution in [3.05, 3.63) is 48.3 Å². The second-order valence-corrected chi connectivity index (χ2v) is 4.51. The van der Waals surface area contributed by atoms with Crippen LogP contribution in [0.25, 0.3) is 11.0 Å². The van der Waals surface area contributed by atoms with E-state index in [1.807, 2.05) is 0 Å². The van der Waals surface area contributed by atoms with E-state index >= 15 is 0 Å². The smallest absolute Gasteiger partial charge is 0.351 e.